The average Bonchev–Trinajstić information content (AvgIpc) is 2.71. The Kier molecular flexibility index (Phi) is 1.96. The van der Waals surface area contributed by atoms with Gasteiger partial charge in [0.15, 0.2) is 0 Å². The highest BCUT2D eigenvalue weighted by Gasteiger charge is 2.08. The molecule has 0 N–H and O–H groups in total. The summed E-state index contributed by atoms with van der Waals surface area (Å²) in [7, 11) is 2.09. The van der Waals surface area contributed by atoms with Gasteiger partial charge in [-0.25, -0.2) is 0 Å². The van der Waals surface area contributed by atoms with Gasteiger partial charge < -0.3 is 4.57 Å². The lowest BCUT2D eigenvalue weighted by Crippen LogP contribution is -1.93. The van der Waals surface area contributed by atoms with Crippen molar-refractivity contribution >= 4 is 21.8 Å². The van der Waals surface area contributed by atoms with Gasteiger partial charge in [-0.3, -0.25) is 4.98 Å². The van der Waals surface area contributed by atoms with Crippen LogP contribution >= 0.6 is 0 Å². The zero-order valence-electron chi connectivity index (χ0n) is 9.57. The standard InChI is InChI=1S/C14H14N2/c1-3-12-11-8-9-16(2)14(11)10-6-4-5-7-13(10)15-12/h4-9H,3H2,1-2H3. The van der Waals surface area contributed by atoms with Gasteiger partial charge in [0.2, 0.25) is 0 Å². The topological polar surface area (TPSA) is 17.8 Å². The largest absolute Gasteiger partial charge is 0.350 e. The Labute approximate surface area is 94.5 Å². The molecule has 0 bridgehead atoms. The van der Waals surface area contributed by atoms with E-state index >= 15 is 0 Å². The van der Waals surface area contributed by atoms with Crippen molar-refractivity contribution in [3.05, 3.63) is 42.2 Å². The van der Waals surface area contributed by atoms with Crippen molar-refractivity contribution < 1.29 is 0 Å². The molecule has 1 aromatic carbocycles. The normalized spacial score (nSPS) is 11.4. The summed E-state index contributed by atoms with van der Waals surface area (Å²) in [6, 6.07) is 10.5. The van der Waals surface area contributed by atoms with Crippen molar-refractivity contribution in [2.24, 2.45) is 7.05 Å². The molecule has 0 unspecified atom stereocenters. The van der Waals surface area contributed by atoms with E-state index in [1.807, 2.05) is 6.07 Å². The Morgan fingerprint density at radius 2 is 1.94 bits per heavy atom. The Morgan fingerprint density at radius 3 is 2.75 bits per heavy atom. The molecule has 0 amide bonds. The molecular formula is C14H14N2. The molecule has 0 spiro atoms. The number of rotatable bonds is 1. The molecule has 0 aliphatic rings. The summed E-state index contributed by atoms with van der Waals surface area (Å²) in [5, 5.41) is 2.52. The van der Waals surface area contributed by atoms with Gasteiger partial charge in [0.1, 0.15) is 0 Å². The van der Waals surface area contributed by atoms with Crippen LogP contribution in [0.2, 0.25) is 0 Å². The molecule has 0 radical (unpaired) electrons. The van der Waals surface area contributed by atoms with E-state index in [1.54, 1.807) is 0 Å². The van der Waals surface area contributed by atoms with Gasteiger partial charge >= 0.3 is 0 Å². The molecule has 2 heterocycles. The molecule has 0 fully saturated rings. The van der Waals surface area contributed by atoms with Gasteiger partial charge in [0.05, 0.1) is 16.7 Å². The highest BCUT2D eigenvalue weighted by Crippen LogP contribution is 2.26. The average molecular weight is 210 g/mol. The number of aryl methyl sites for hydroxylation is 2. The summed E-state index contributed by atoms with van der Waals surface area (Å²) >= 11 is 0. The summed E-state index contributed by atoms with van der Waals surface area (Å²) in [6.07, 6.45) is 3.09. The maximum atomic E-state index is 4.72. The molecule has 16 heavy (non-hydrogen) atoms. The Bertz CT molecular complexity index is 665. The fourth-order valence-electron chi connectivity index (χ4n) is 2.34. The molecule has 3 rings (SSSR count). The molecule has 0 atom stereocenters. The lowest BCUT2D eigenvalue weighted by Gasteiger charge is -2.06. The van der Waals surface area contributed by atoms with E-state index in [0.29, 0.717) is 0 Å². The first-order valence-electron chi connectivity index (χ1n) is 5.64. The van der Waals surface area contributed by atoms with Crippen LogP contribution in [0, 0.1) is 0 Å². The Morgan fingerprint density at radius 1 is 1.12 bits per heavy atom. The molecule has 3 aromatic rings. The van der Waals surface area contributed by atoms with E-state index < -0.39 is 0 Å². The maximum Gasteiger partial charge on any atom is 0.0726 e. The van der Waals surface area contributed by atoms with Crippen LogP contribution in [-0.2, 0) is 13.5 Å². The molecule has 0 aliphatic carbocycles. The number of hydrogen-bond donors (Lipinski definition) is 0. The van der Waals surface area contributed by atoms with Crippen LogP contribution in [0.15, 0.2) is 36.5 Å². The molecule has 0 saturated heterocycles. The maximum absolute atomic E-state index is 4.72. The van der Waals surface area contributed by atoms with Gasteiger partial charge in [-0.2, -0.15) is 0 Å². The van der Waals surface area contributed by atoms with Crippen molar-refractivity contribution in [3.8, 4) is 0 Å². The smallest absolute Gasteiger partial charge is 0.0726 e. The van der Waals surface area contributed by atoms with Gasteiger partial charge in [-0.05, 0) is 18.6 Å². The van der Waals surface area contributed by atoms with Crippen molar-refractivity contribution in [1.82, 2.24) is 9.55 Å². The van der Waals surface area contributed by atoms with Crippen LogP contribution in [0.25, 0.3) is 21.8 Å². The summed E-state index contributed by atoms with van der Waals surface area (Å²) in [4.78, 5) is 4.72. The number of nitrogens with zero attached hydrogens (tertiary/aromatic N) is 2. The van der Waals surface area contributed by atoms with E-state index in [4.69, 9.17) is 4.98 Å². The summed E-state index contributed by atoms with van der Waals surface area (Å²) in [6.45, 7) is 2.16. The number of fused-ring (bicyclic) bond motifs is 3. The third kappa shape index (κ3) is 1.16. The predicted octanol–water partition coefficient (Wildman–Crippen LogP) is 3.29. The van der Waals surface area contributed by atoms with Gasteiger partial charge in [-0.15, -0.1) is 0 Å². The van der Waals surface area contributed by atoms with Gasteiger partial charge in [-0.1, -0.05) is 25.1 Å². The third-order valence-corrected chi connectivity index (χ3v) is 3.13. The van der Waals surface area contributed by atoms with E-state index in [-0.39, 0.29) is 0 Å². The lowest BCUT2D eigenvalue weighted by atomic mass is 10.1. The third-order valence-electron chi connectivity index (χ3n) is 3.13. The van der Waals surface area contributed by atoms with Crippen LogP contribution in [0.1, 0.15) is 12.6 Å². The first kappa shape index (κ1) is 9.40. The van der Waals surface area contributed by atoms with Crippen molar-refractivity contribution in [3.63, 3.8) is 0 Å². The van der Waals surface area contributed by atoms with Crippen LogP contribution in [0.3, 0.4) is 0 Å². The highest BCUT2D eigenvalue weighted by atomic mass is 14.9. The summed E-state index contributed by atoms with van der Waals surface area (Å²) in [5.41, 5.74) is 3.57. The second-order valence-electron chi connectivity index (χ2n) is 4.12. The van der Waals surface area contributed by atoms with Crippen LogP contribution in [0.4, 0.5) is 0 Å². The van der Waals surface area contributed by atoms with E-state index in [9.17, 15) is 0 Å². The van der Waals surface area contributed by atoms with E-state index in [0.717, 1.165) is 11.9 Å². The summed E-state index contributed by atoms with van der Waals surface area (Å²) in [5.74, 6) is 0. The molecule has 0 saturated carbocycles. The van der Waals surface area contributed by atoms with Crippen LogP contribution < -0.4 is 0 Å². The first-order valence-corrected chi connectivity index (χ1v) is 5.64. The zero-order chi connectivity index (χ0) is 11.1. The zero-order valence-corrected chi connectivity index (χ0v) is 9.57. The lowest BCUT2D eigenvalue weighted by molar-refractivity contribution is 0.971. The molecule has 80 valence electrons. The molecule has 2 nitrogen and oxygen atoms in total. The number of pyridine rings is 1. The number of para-hydroxylation sites is 1. The number of hydrogen-bond acceptors (Lipinski definition) is 1. The fraction of sp³-hybridized carbons (Fsp3) is 0.214. The second-order valence-corrected chi connectivity index (χ2v) is 4.12. The van der Waals surface area contributed by atoms with E-state index in [2.05, 4.69) is 49.0 Å². The minimum Gasteiger partial charge on any atom is -0.350 e. The van der Waals surface area contributed by atoms with Gasteiger partial charge in [0.25, 0.3) is 0 Å². The summed E-state index contributed by atoms with van der Waals surface area (Å²) < 4.78 is 2.18. The van der Waals surface area contributed by atoms with Gasteiger partial charge in [0, 0.05) is 24.0 Å². The van der Waals surface area contributed by atoms with Crippen LogP contribution in [0.5, 0.6) is 0 Å². The Balaban J connectivity index is 2.60. The van der Waals surface area contributed by atoms with Crippen molar-refractivity contribution in [2.75, 3.05) is 0 Å². The van der Waals surface area contributed by atoms with Crippen molar-refractivity contribution in [2.45, 2.75) is 13.3 Å². The molecule has 0 aliphatic heterocycles. The van der Waals surface area contributed by atoms with E-state index in [1.165, 1.54) is 22.0 Å². The molecular weight excluding hydrogens is 196 g/mol. The Hall–Kier alpha value is -1.83. The molecule has 2 aromatic heterocycles. The van der Waals surface area contributed by atoms with Crippen molar-refractivity contribution in [1.29, 1.82) is 0 Å². The minimum absolute atomic E-state index is 0.978. The second kappa shape index (κ2) is 3.34. The first-order chi connectivity index (χ1) is 7.81. The fourth-order valence-corrected chi connectivity index (χ4v) is 2.34. The molecule has 2 heteroatoms. The number of benzene rings is 1. The predicted molar refractivity (Wildman–Crippen MR) is 67.6 cm³/mol. The SMILES string of the molecule is CCc1nc2ccccc2c2c1ccn2C. The number of aromatic nitrogens is 2. The van der Waals surface area contributed by atoms with Crippen LogP contribution in [-0.4, -0.2) is 9.55 Å². The quantitative estimate of drug-likeness (QED) is 0.602. The minimum atomic E-state index is 0.978. The monoisotopic (exact) mass is 210 g/mol. The highest BCUT2D eigenvalue weighted by molar-refractivity contribution is 6.04.